The minimum absolute atomic E-state index is 0.0318. The van der Waals surface area contributed by atoms with Crippen LogP contribution in [0.1, 0.15) is 40.0 Å². The van der Waals surface area contributed by atoms with Crippen LogP contribution in [0, 0.1) is 29.1 Å². The van der Waals surface area contributed by atoms with Crippen molar-refractivity contribution < 1.29 is 5.11 Å². The minimum atomic E-state index is -0.886. The predicted molar refractivity (Wildman–Crippen MR) is 53.0 cm³/mol. The Labute approximate surface area is 80.5 Å². The molecule has 13 heavy (non-hydrogen) atoms. The first-order valence-electron chi connectivity index (χ1n) is 5.07. The molecule has 0 aliphatic heterocycles. The van der Waals surface area contributed by atoms with Crippen molar-refractivity contribution in [1.82, 2.24) is 0 Å². The van der Waals surface area contributed by atoms with Crippen molar-refractivity contribution in [2.45, 2.75) is 45.6 Å². The molecule has 2 fully saturated rings. The van der Waals surface area contributed by atoms with Gasteiger partial charge in [-0.2, -0.15) is 0 Å². The molecule has 1 nitrogen and oxygen atoms in total. The van der Waals surface area contributed by atoms with Crippen LogP contribution in [0.5, 0.6) is 0 Å². The van der Waals surface area contributed by atoms with Crippen molar-refractivity contribution in [3.8, 4) is 12.3 Å². The van der Waals surface area contributed by atoms with Crippen LogP contribution in [-0.4, -0.2) is 10.7 Å². The Hall–Kier alpha value is -0.480. The third kappa shape index (κ3) is 0.742. The van der Waals surface area contributed by atoms with Gasteiger partial charge in [-0.1, -0.05) is 26.7 Å². The van der Waals surface area contributed by atoms with Crippen LogP contribution in [0.3, 0.4) is 0 Å². The van der Waals surface area contributed by atoms with E-state index in [1.165, 1.54) is 6.42 Å². The molecule has 2 aliphatic carbocycles. The predicted octanol–water partition coefficient (Wildman–Crippen LogP) is 2.20. The first kappa shape index (κ1) is 9.09. The smallest absolute Gasteiger partial charge is 0.135 e. The summed E-state index contributed by atoms with van der Waals surface area (Å²) >= 11 is 0. The van der Waals surface area contributed by atoms with E-state index in [-0.39, 0.29) is 10.8 Å². The van der Waals surface area contributed by atoms with E-state index in [4.69, 9.17) is 6.42 Å². The van der Waals surface area contributed by atoms with E-state index >= 15 is 0 Å². The van der Waals surface area contributed by atoms with Gasteiger partial charge in [0.2, 0.25) is 0 Å². The molecule has 1 N–H and O–H groups in total. The highest BCUT2D eigenvalue weighted by atomic mass is 16.3. The normalized spacial score (nSPS) is 52.1. The second-order valence-corrected chi connectivity index (χ2v) is 5.58. The first-order valence-corrected chi connectivity index (χ1v) is 5.07. The lowest BCUT2D eigenvalue weighted by Crippen LogP contribution is -2.52. The maximum Gasteiger partial charge on any atom is 0.135 e. The third-order valence-electron chi connectivity index (χ3n) is 4.78. The van der Waals surface area contributed by atoms with Crippen LogP contribution in [0.4, 0.5) is 0 Å². The van der Waals surface area contributed by atoms with Crippen LogP contribution in [0.25, 0.3) is 0 Å². The Morgan fingerprint density at radius 3 is 2.31 bits per heavy atom. The summed E-state index contributed by atoms with van der Waals surface area (Å²) in [5, 5.41) is 10.5. The van der Waals surface area contributed by atoms with Crippen molar-refractivity contribution in [1.29, 1.82) is 0 Å². The standard InChI is InChI=1S/C12H18O/c1-5-12(13)10(2,3)9-6-7-11(12,4)8-9/h1,9,13H,6-8H2,2-4H3/t9-,11+,12?/m0/s1. The van der Waals surface area contributed by atoms with Crippen molar-refractivity contribution in [3.63, 3.8) is 0 Å². The lowest BCUT2D eigenvalue weighted by molar-refractivity contribution is -0.0952. The van der Waals surface area contributed by atoms with E-state index in [1.54, 1.807) is 0 Å². The Kier molecular flexibility index (Phi) is 1.48. The van der Waals surface area contributed by atoms with Crippen LogP contribution >= 0.6 is 0 Å². The fourth-order valence-electron chi connectivity index (χ4n) is 3.62. The average Bonchev–Trinajstić information content (AvgIpc) is 2.51. The van der Waals surface area contributed by atoms with Crippen LogP contribution < -0.4 is 0 Å². The largest absolute Gasteiger partial charge is 0.376 e. The van der Waals surface area contributed by atoms with Gasteiger partial charge in [0, 0.05) is 10.8 Å². The molecule has 0 heterocycles. The van der Waals surface area contributed by atoms with E-state index in [2.05, 4.69) is 26.7 Å². The zero-order valence-corrected chi connectivity index (χ0v) is 8.72. The second kappa shape index (κ2) is 2.12. The van der Waals surface area contributed by atoms with Crippen molar-refractivity contribution in [2.24, 2.45) is 16.7 Å². The van der Waals surface area contributed by atoms with Gasteiger partial charge in [0.05, 0.1) is 0 Å². The maximum atomic E-state index is 10.5. The molecule has 2 aliphatic rings. The van der Waals surface area contributed by atoms with E-state index in [0.717, 1.165) is 12.8 Å². The first-order chi connectivity index (χ1) is 5.87. The molecule has 3 atom stereocenters. The van der Waals surface area contributed by atoms with Gasteiger partial charge in [0.15, 0.2) is 0 Å². The molecule has 0 amide bonds. The van der Waals surface area contributed by atoms with E-state index in [1.807, 2.05) is 0 Å². The Balaban J connectivity index is 2.53. The van der Waals surface area contributed by atoms with Crippen LogP contribution in [0.15, 0.2) is 0 Å². The van der Waals surface area contributed by atoms with Gasteiger partial charge < -0.3 is 5.11 Å². The van der Waals surface area contributed by atoms with Crippen molar-refractivity contribution in [3.05, 3.63) is 0 Å². The molecule has 1 unspecified atom stereocenters. The molecule has 0 saturated heterocycles. The number of fused-ring (bicyclic) bond motifs is 2. The van der Waals surface area contributed by atoms with Crippen molar-refractivity contribution >= 4 is 0 Å². The lowest BCUT2D eigenvalue weighted by Gasteiger charge is -2.47. The van der Waals surface area contributed by atoms with E-state index in [0.29, 0.717) is 5.92 Å². The Morgan fingerprint density at radius 1 is 1.38 bits per heavy atom. The van der Waals surface area contributed by atoms with Gasteiger partial charge in [-0.05, 0) is 25.2 Å². The Bertz CT molecular complexity index is 279. The summed E-state index contributed by atoms with van der Waals surface area (Å²) in [6.07, 6.45) is 8.93. The van der Waals surface area contributed by atoms with Gasteiger partial charge >= 0.3 is 0 Å². The third-order valence-corrected chi connectivity index (χ3v) is 4.78. The van der Waals surface area contributed by atoms with Crippen LogP contribution in [0.2, 0.25) is 0 Å². The zero-order chi connectivity index (χ0) is 9.91. The summed E-state index contributed by atoms with van der Waals surface area (Å²) < 4.78 is 0. The van der Waals surface area contributed by atoms with Gasteiger partial charge in [-0.25, -0.2) is 0 Å². The lowest BCUT2D eigenvalue weighted by atomic mass is 9.61. The summed E-state index contributed by atoms with van der Waals surface area (Å²) in [4.78, 5) is 0. The quantitative estimate of drug-likeness (QED) is 0.564. The zero-order valence-electron chi connectivity index (χ0n) is 8.72. The highest BCUT2D eigenvalue weighted by Crippen LogP contribution is 2.67. The maximum absolute atomic E-state index is 10.5. The number of aliphatic hydroxyl groups is 1. The summed E-state index contributed by atoms with van der Waals surface area (Å²) in [5.41, 5.74) is -1.02. The number of rotatable bonds is 0. The Morgan fingerprint density at radius 2 is 2.00 bits per heavy atom. The minimum Gasteiger partial charge on any atom is -0.376 e. The highest BCUT2D eigenvalue weighted by molar-refractivity contribution is 5.29. The molecule has 72 valence electrons. The van der Waals surface area contributed by atoms with E-state index < -0.39 is 5.60 Å². The summed E-state index contributed by atoms with van der Waals surface area (Å²) in [6, 6.07) is 0. The number of hydrogen-bond donors (Lipinski definition) is 1. The number of terminal acetylenes is 1. The SMILES string of the molecule is C#CC1(O)C(C)(C)[C@H]2CC[C@]1(C)C2. The molecule has 2 bridgehead atoms. The van der Waals surface area contributed by atoms with Gasteiger partial charge in [0.1, 0.15) is 5.60 Å². The molecule has 2 saturated carbocycles. The average molecular weight is 178 g/mol. The second-order valence-electron chi connectivity index (χ2n) is 5.58. The molecule has 0 aromatic rings. The summed E-state index contributed by atoms with van der Waals surface area (Å²) in [7, 11) is 0. The summed E-state index contributed by atoms with van der Waals surface area (Å²) in [6.45, 7) is 6.37. The molecule has 0 radical (unpaired) electrons. The van der Waals surface area contributed by atoms with Gasteiger partial charge in [-0.3, -0.25) is 0 Å². The molecular formula is C12H18O. The molecule has 0 spiro atoms. The number of hydrogen-bond acceptors (Lipinski definition) is 1. The molecule has 0 aromatic carbocycles. The van der Waals surface area contributed by atoms with Crippen molar-refractivity contribution in [2.75, 3.05) is 0 Å². The topological polar surface area (TPSA) is 20.2 Å². The molecule has 1 heteroatoms. The fourth-order valence-corrected chi connectivity index (χ4v) is 3.62. The van der Waals surface area contributed by atoms with Gasteiger partial charge in [0.25, 0.3) is 0 Å². The van der Waals surface area contributed by atoms with Gasteiger partial charge in [-0.15, -0.1) is 6.42 Å². The summed E-state index contributed by atoms with van der Waals surface area (Å²) in [5.74, 6) is 3.27. The highest BCUT2D eigenvalue weighted by Gasteiger charge is 2.67. The molecule has 0 aromatic heterocycles. The molecular weight excluding hydrogens is 160 g/mol. The monoisotopic (exact) mass is 178 g/mol. The van der Waals surface area contributed by atoms with E-state index in [9.17, 15) is 5.11 Å². The molecule has 2 rings (SSSR count). The van der Waals surface area contributed by atoms with Crippen LogP contribution in [-0.2, 0) is 0 Å². The fraction of sp³-hybridized carbons (Fsp3) is 0.833.